The minimum Gasteiger partial charge on any atom is -0.293 e. The standard InChI is InChI=1S/C18H15N5O/c1-13-7-9-14(10-8-13)11-22-12-19-17-16(18(22)24)20-21-23(17)15-5-3-2-4-6-15/h2-10,12H,11H2,1H3. The first kappa shape index (κ1) is 14.3. The van der Waals surface area contributed by atoms with Crippen LogP contribution in [0, 0.1) is 6.92 Å². The van der Waals surface area contributed by atoms with Crippen LogP contribution in [0.25, 0.3) is 16.9 Å². The summed E-state index contributed by atoms with van der Waals surface area (Å²) in [4.78, 5) is 17.0. The number of aryl methyl sites for hydroxylation is 1. The molecule has 2 aromatic carbocycles. The Morgan fingerprint density at radius 1 is 1.00 bits per heavy atom. The molecule has 2 aromatic heterocycles. The lowest BCUT2D eigenvalue weighted by Crippen LogP contribution is -2.21. The molecule has 0 saturated heterocycles. The van der Waals surface area contributed by atoms with Crippen LogP contribution >= 0.6 is 0 Å². The van der Waals surface area contributed by atoms with Crippen molar-refractivity contribution >= 4 is 11.2 Å². The Morgan fingerprint density at radius 2 is 1.75 bits per heavy atom. The lowest BCUT2D eigenvalue weighted by Gasteiger charge is -2.06. The van der Waals surface area contributed by atoms with Gasteiger partial charge in [-0.1, -0.05) is 53.2 Å². The molecule has 0 unspecified atom stereocenters. The van der Waals surface area contributed by atoms with Crippen molar-refractivity contribution < 1.29 is 0 Å². The lowest BCUT2D eigenvalue weighted by atomic mass is 10.1. The van der Waals surface area contributed by atoms with Gasteiger partial charge >= 0.3 is 0 Å². The zero-order chi connectivity index (χ0) is 16.5. The summed E-state index contributed by atoms with van der Waals surface area (Å²) >= 11 is 0. The Morgan fingerprint density at radius 3 is 2.50 bits per heavy atom. The van der Waals surface area contributed by atoms with E-state index in [1.165, 1.54) is 5.56 Å². The van der Waals surface area contributed by atoms with Crippen LogP contribution in [0.15, 0.2) is 65.7 Å². The van der Waals surface area contributed by atoms with Gasteiger partial charge in [-0.2, -0.15) is 4.68 Å². The fraction of sp³-hybridized carbons (Fsp3) is 0.111. The van der Waals surface area contributed by atoms with Gasteiger partial charge in [0, 0.05) is 0 Å². The molecule has 0 aliphatic carbocycles. The average Bonchev–Trinajstić information content (AvgIpc) is 3.05. The molecule has 0 atom stereocenters. The van der Waals surface area contributed by atoms with Crippen LogP contribution in [0.3, 0.4) is 0 Å². The van der Waals surface area contributed by atoms with Crippen molar-refractivity contribution in [3.63, 3.8) is 0 Å². The summed E-state index contributed by atoms with van der Waals surface area (Å²) in [5.41, 5.74) is 3.59. The molecular weight excluding hydrogens is 302 g/mol. The van der Waals surface area contributed by atoms with Gasteiger partial charge in [0.05, 0.1) is 12.2 Å². The second-order valence-electron chi connectivity index (χ2n) is 5.67. The Labute approximate surface area is 138 Å². The second-order valence-corrected chi connectivity index (χ2v) is 5.67. The number of benzene rings is 2. The van der Waals surface area contributed by atoms with E-state index < -0.39 is 0 Å². The van der Waals surface area contributed by atoms with Crippen molar-refractivity contribution in [1.29, 1.82) is 0 Å². The predicted octanol–water partition coefficient (Wildman–Crippen LogP) is 2.33. The molecule has 6 nitrogen and oxygen atoms in total. The smallest absolute Gasteiger partial charge is 0.283 e. The van der Waals surface area contributed by atoms with E-state index in [9.17, 15) is 4.79 Å². The molecule has 24 heavy (non-hydrogen) atoms. The molecule has 0 aliphatic heterocycles. The summed E-state index contributed by atoms with van der Waals surface area (Å²) in [7, 11) is 0. The van der Waals surface area contributed by atoms with E-state index >= 15 is 0 Å². The SMILES string of the molecule is Cc1ccc(Cn2cnc3c(nnn3-c3ccccc3)c2=O)cc1. The van der Waals surface area contributed by atoms with Gasteiger partial charge in [0.15, 0.2) is 11.2 Å². The topological polar surface area (TPSA) is 65.6 Å². The molecule has 0 aliphatic rings. The van der Waals surface area contributed by atoms with E-state index in [4.69, 9.17) is 0 Å². The number of rotatable bonds is 3. The van der Waals surface area contributed by atoms with Gasteiger partial charge in [0.25, 0.3) is 5.56 Å². The third kappa shape index (κ3) is 2.48. The van der Waals surface area contributed by atoms with Gasteiger partial charge in [0.1, 0.15) is 6.33 Å². The van der Waals surface area contributed by atoms with Crippen LogP contribution in [-0.4, -0.2) is 24.5 Å². The minimum atomic E-state index is -0.192. The Kier molecular flexibility index (Phi) is 3.42. The predicted molar refractivity (Wildman–Crippen MR) is 91.2 cm³/mol. The fourth-order valence-corrected chi connectivity index (χ4v) is 2.59. The highest BCUT2D eigenvalue weighted by atomic mass is 16.1. The van der Waals surface area contributed by atoms with E-state index in [2.05, 4.69) is 15.3 Å². The highest BCUT2D eigenvalue weighted by Gasteiger charge is 2.13. The number of hydrogen-bond donors (Lipinski definition) is 0. The Hall–Kier alpha value is -3.28. The molecule has 0 spiro atoms. The van der Waals surface area contributed by atoms with Gasteiger partial charge in [-0.05, 0) is 24.6 Å². The van der Waals surface area contributed by atoms with Gasteiger partial charge in [0.2, 0.25) is 0 Å². The third-order valence-corrected chi connectivity index (χ3v) is 3.90. The van der Waals surface area contributed by atoms with Crippen molar-refractivity contribution in [3.05, 3.63) is 82.4 Å². The summed E-state index contributed by atoms with van der Waals surface area (Å²) in [6, 6.07) is 17.6. The molecular formula is C18H15N5O. The molecule has 0 fully saturated rings. The molecule has 0 saturated carbocycles. The van der Waals surface area contributed by atoms with Crippen molar-refractivity contribution in [1.82, 2.24) is 24.5 Å². The van der Waals surface area contributed by atoms with Crippen molar-refractivity contribution in [3.8, 4) is 5.69 Å². The monoisotopic (exact) mass is 317 g/mol. The van der Waals surface area contributed by atoms with Gasteiger partial charge in [-0.25, -0.2) is 4.98 Å². The van der Waals surface area contributed by atoms with E-state index in [1.54, 1.807) is 15.6 Å². The highest BCUT2D eigenvalue weighted by molar-refractivity contribution is 5.70. The normalized spacial score (nSPS) is 11.0. The van der Waals surface area contributed by atoms with E-state index in [1.807, 2.05) is 61.5 Å². The first-order valence-electron chi connectivity index (χ1n) is 7.64. The Bertz CT molecular complexity index is 1050. The number of para-hydroxylation sites is 1. The summed E-state index contributed by atoms with van der Waals surface area (Å²) in [6.45, 7) is 2.49. The lowest BCUT2D eigenvalue weighted by molar-refractivity contribution is 0.745. The molecule has 118 valence electrons. The first-order chi connectivity index (χ1) is 11.7. The first-order valence-corrected chi connectivity index (χ1v) is 7.64. The zero-order valence-electron chi connectivity index (χ0n) is 13.1. The highest BCUT2D eigenvalue weighted by Crippen LogP contribution is 2.11. The molecule has 0 bridgehead atoms. The van der Waals surface area contributed by atoms with E-state index in [0.29, 0.717) is 12.2 Å². The zero-order valence-corrected chi connectivity index (χ0v) is 13.1. The summed E-state index contributed by atoms with van der Waals surface area (Å²) in [5, 5.41) is 8.11. The molecule has 6 heteroatoms. The Balaban J connectivity index is 1.77. The number of fused-ring (bicyclic) bond motifs is 1. The molecule has 0 N–H and O–H groups in total. The van der Waals surface area contributed by atoms with Crippen LogP contribution in [0.2, 0.25) is 0 Å². The fourth-order valence-electron chi connectivity index (χ4n) is 2.59. The van der Waals surface area contributed by atoms with E-state index in [0.717, 1.165) is 11.3 Å². The van der Waals surface area contributed by atoms with Gasteiger partial charge in [-0.15, -0.1) is 5.10 Å². The van der Waals surface area contributed by atoms with Gasteiger partial charge < -0.3 is 0 Å². The average molecular weight is 317 g/mol. The summed E-state index contributed by atoms with van der Waals surface area (Å²) < 4.78 is 3.13. The van der Waals surface area contributed by atoms with Crippen molar-refractivity contribution in [2.45, 2.75) is 13.5 Å². The number of nitrogens with zero attached hydrogens (tertiary/aromatic N) is 5. The van der Waals surface area contributed by atoms with Gasteiger partial charge in [-0.3, -0.25) is 9.36 Å². The van der Waals surface area contributed by atoms with Crippen LogP contribution in [0.1, 0.15) is 11.1 Å². The van der Waals surface area contributed by atoms with Crippen molar-refractivity contribution in [2.75, 3.05) is 0 Å². The second kappa shape index (κ2) is 5.73. The molecule has 0 amide bonds. The van der Waals surface area contributed by atoms with Crippen molar-refractivity contribution in [2.24, 2.45) is 0 Å². The minimum absolute atomic E-state index is 0.192. The molecule has 0 radical (unpaired) electrons. The maximum Gasteiger partial charge on any atom is 0.283 e. The third-order valence-electron chi connectivity index (χ3n) is 3.90. The van der Waals surface area contributed by atoms with Crippen LogP contribution < -0.4 is 5.56 Å². The van der Waals surface area contributed by atoms with E-state index in [-0.39, 0.29) is 11.1 Å². The van der Waals surface area contributed by atoms with Crippen LogP contribution in [-0.2, 0) is 6.54 Å². The molecule has 4 aromatic rings. The van der Waals surface area contributed by atoms with Crippen LogP contribution in [0.5, 0.6) is 0 Å². The summed E-state index contributed by atoms with van der Waals surface area (Å²) in [5.74, 6) is 0. The van der Waals surface area contributed by atoms with Crippen LogP contribution in [0.4, 0.5) is 0 Å². The number of aromatic nitrogens is 5. The summed E-state index contributed by atoms with van der Waals surface area (Å²) in [6.07, 6.45) is 1.55. The maximum atomic E-state index is 12.7. The maximum absolute atomic E-state index is 12.7. The molecule has 2 heterocycles. The largest absolute Gasteiger partial charge is 0.293 e. The quantitative estimate of drug-likeness (QED) is 0.582. The number of hydrogen-bond acceptors (Lipinski definition) is 4. The molecule has 4 rings (SSSR count).